The number of hydrogen-bond acceptors (Lipinski definition) is 3. The van der Waals surface area contributed by atoms with Crippen molar-refractivity contribution in [3.8, 4) is 0 Å². The van der Waals surface area contributed by atoms with Crippen LogP contribution in [0.25, 0.3) is 0 Å². The normalized spacial score (nSPS) is 20.1. The van der Waals surface area contributed by atoms with Gasteiger partial charge in [0.2, 0.25) is 0 Å². The Bertz CT molecular complexity index is 190. The van der Waals surface area contributed by atoms with Crippen molar-refractivity contribution in [1.29, 1.82) is 0 Å². The van der Waals surface area contributed by atoms with Crippen LogP contribution in [0.5, 0.6) is 0 Å². The second-order valence-electron chi connectivity index (χ2n) is 5.35. The summed E-state index contributed by atoms with van der Waals surface area (Å²) in [5.74, 6) is 0. The Hall–Kier alpha value is -0.120. The maximum Gasteiger partial charge on any atom is 0.0112 e. The first-order chi connectivity index (χ1) is 8.17. The third-order valence-corrected chi connectivity index (χ3v) is 3.98. The molecule has 0 spiro atoms. The summed E-state index contributed by atoms with van der Waals surface area (Å²) in [5.41, 5.74) is 0. The zero-order valence-electron chi connectivity index (χ0n) is 12.3. The van der Waals surface area contributed by atoms with Crippen molar-refractivity contribution in [2.45, 2.75) is 40.2 Å². The zero-order valence-corrected chi connectivity index (χ0v) is 12.3. The molecule has 0 aliphatic carbocycles. The van der Waals surface area contributed by atoms with Crippen molar-refractivity contribution in [3.05, 3.63) is 0 Å². The van der Waals surface area contributed by atoms with Crippen LogP contribution >= 0.6 is 0 Å². The van der Waals surface area contributed by atoms with Crippen molar-refractivity contribution in [3.63, 3.8) is 0 Å². The molecule has 0 saturated carbocycles. The summed E-state index contributed by atoms with van der Waals surface area (Å²) in [7, 11) is 0. The van der Waals surface area contributed by atoms with E-state index in [1.165, 1.54) is 58.8 Å². The number of rotatable bonds is 6. The Morgan fingerprint density at radius 2 is 1.71 bits per heavy atom. The standard InChI is InChI=1S/C14H31N3/c1-5-15(6-2)10-11-16-8-7-9-17(13-12-16)14(3)4/h14H,5-13H2,1-4H3. The predicted octanol–water partition coefficient (Wildman–Crippen LogP) is 1.74. The van der Waals surface area contributed by atoms with Crippen LogP contribution in [0.15, 0.2) is 0 Å². The molecule has 1 saturated heterocycles. The fourth-order valence-electron chi connectivity index (χ4n) is 2.55. The Labute approximate surface area is 108 Å². The van der Waals surface area contributed by atoms with E-state index in [2.05, 4.69) is 42.4 Å². The second-order valence-corrected chi connectivity index (χ2v) is 5.35. The first kappa shape index (κ1) is 14.9. The largest absolute Gasteiger partial charge is 0.303 e. The molecule has 17 heavy (non-hydrogen) atoms. The summed E-state index contributed by atoms with van der Waals surface area (Å²) in [6.07, 6.45) is 1.33. The predicted molar refractivity (Wildman–Crippen MR) is 75.6 cm³/mol. The van der Waals surface area contributed by atoms with Gasteiger partial charge >= 0.3 is 0 Å². The lowest BCUT2D eigenvalue weighted by Crippen LogP contribution is -2.38. The molecular formula is C14H31N3. The lowest BCUT2D eigenvalue weighted by molar-refractivity contribution is 0.201. The number of nitrogens with zero attached hydrogens (tertiary/aromatic N) is 3. The van der Waals surface area contributed by atoms with Gasteiger partial charge in [-0.3, -0.25) is 4.90 Å². The van der Waals surface area contributed by atoms with Gasteiger partial charge in [-0.1, -0.05) is 13.8 Å². The van der Waals surface area contributed by atoms with Crippen LogP contribution in [-0.4, -0.2) is 73.1 Å². The quantitative estimate of drug-likeness (QED) is 0.701. The molecule has 0 aromatic carbocycles. The van der Waals surface area contributed by atoms with Crippen molar-refractivity contribution < 1.29 is 0 Å². The van der Waals surface area contributed by atoms with E-state index in [9.17, 15) is 0 Å². The monoisotopic (exact) mass is 241 g/mol. The highest BCUT2D eigenvalue weighted by Gasteiger charge is 2.16. The maximum absolute atomic E-state index is 2.64. The van der Waals surface area contributed by atoms with Crippen LogP contribution in [0.3, 0.4) is 0 Å². The van der Waals surface area contributed by atoms with Crippen LogP contribution in [-0.2, 0) is 0 Å². The van der Waals surface area contributed by atoms with Gasteiger partial charge in [0.25, 0.3) is 0 Å². The van der Waals surface area contributed by atoms with Crippen molar-refractivity contribution >= 4 is 0 Å². The van der Waals surface area contributed by atoms with Gasteiger partial charge in [0, 0.05) is 32.2 Å². The average molecular weight is 241 g/mol. The van der Waals surface area contributed by atoms with E-state index in [1.54, 1.807) is 0 Å². The molecule has 0 radical (unpaired) electrons. The molecule has 3 heteroatoms. The van der Waals surface area contributed by atoms with Gasteiger partial charge in [-0.25, -0.2) is 0 Å². The Morgan fingerprint density at radius 3 is 2.29 bits per heavy atom. The Morgan fingerprint density at radius 1 is 1.00 bits per heavy atom. The minimum absolute atomic E-state index is 0.706. The van der Waals surface area contributed by atoms with E-state index in [0.717, 1.165) is 0 Å². The van der Waals surface area contributed by atoms with E-state index < -0.39 is 0 Å². The Kier molecular flexibility index (Phi) is 7.09. The van der Waals surface area contributed by atoms with Gasteiger partial charge in [-0.05, 0) is 46.4 Å². The zero-order chi connectivity index (χ0) is 12.7. The minimum Gasteiger partial charge on any atom is -0.303 e. The molecule has 1 aliphatic rings. The van der Waals surface area contributed by atoms with Crippen LogP contribution in [0.4, 0.5) is 0 Å². The van der Waals surface area contributed by atoms with Gasteiger partial charge < -0.3 is 9.80 Å². The van der Waals surface area contributed by atoms with E-state index >= 15 is 0 Å². The molecule has 0 aromatic heterocycles. The average Bonchev–Trinajstić information content (AvgIpc) is 2.56. The molecule has 0 N–H and O–H groups in total. The lowest BCUT2D eigenvalue weighted by Gasteiger charge is -2.26. The molecular weight excluding hydrogens is 210 g/mol. The third kappa shape index (κ3) is 5.36. The molecule has 0 amide bonds. The van der Waals surface area contributed by atoms with E-state index in [-0.39, 0.29) is 0 Å². The Balaban J connectivity index is 2.26. The first-order valence-corrected chi connectivity index (χ1v) is 7.36. The van der Waals surface area contributed by atoms with E-state index in [0.29, 0.717) is 6.04 Å². The van der Waals surface area contributed by atoms with Crippen molar-refractivity contribution in [2.24, 2.45) is 0 Å². The van der Waals surface area contributed by atoms with Gasteiger partial charge in [0.15, 0.2) is 0 Å². The first-order valence-electron chi connectivity index (χ1n) is 7.36. The van der Waals surface area contributed by atoms with Gasteiger partial charge in [0.05, 0.1) is 0 Å². The number of likely N-dealkylation sites (N-methyl/N-ethyl adjacent to an activating group) is 1. The van der Waals surface area contributed by atoms with Gasteiger partial charge in [-0.2, -0.15) is 0 Å². The van der Waals surface area contributed by atoms with Gasteiger partial charge in [-0.15, -0.1) is 0 Å². The highest BCUT2D eigenvalue weighted by atomic mass is 15.2. The van der Waals surface area contributed by atoms with E-state index in [1.807, 2.05) is 0 Å². The summed E-state index contributed by atoms with van der Waals surface area (Å²) >= 11 is 0. The molecule has 1 rings (SSSR count). The van der Waals surface area contributed by atoms with Crippen molar-refractivity contribution in [1.82, 2.24) is 14.7 Å². The summed E-state index contributed by atoms with van der Waals surface area (Å²) in [4.78, 5) is 7.77. The smallest absolute Gasteiger partial charge is 0.0112 e. The fourth-order valence-corrected chi connectivity index (χ4v) is 2.55. The van der Waals surface area contributed by atoms with Crippen LogP contribution in [0.2, 0.25) is 0 Å². The molecule has 1 aliphatic heterocycles. The number of hydrogen-bond donors (Lipinski definition) is 0. The van der Waals surface area contributed by atoms with Gasteiger partial charge in [0.1, 0.15) is 0 Å². The van der Waals surface area contributed by atoms with Crippen LogP contribution in [0, 0.1) is 0 Å². The van der Waals surface area contributed by atoms with E-state index in [4.69, 9.17) is 0 Å². The summed E-state index contributed by atoms with van der Waals surface area (Å²) in [5, 5.41) is 0. The van der Waals surface area contributed by atoms with Crippen LogP contribution in [0.1, 0.15) is 34.1 Å². The molecule has 1 fully saturated rings. The topological polar surface area (TPSA) is 9.72 Å². The molecule has 0 atom stereocenters. The van der Waals surface area contributed by atoms with Crippen molar-refractivity contribution in [2.75, 3.05) is 52.4 Å². The molecule has 102 valence electrons. The second kappa shape index (κ2) is 8.06. The highest BCUT2D eigenvalue weighted by Crippen LogP contribution is 2.06. The molecule has 1 heterocycles. The minimum atomic E-state index is 0.706. The molecule has 3 nitrogen and oxygen atoms in total. The molecule has 0 bridgehead atoms. The molecule has 0 unspecified atom stereocenters. The summed E-state index contributed by atoms with van der Waals surface area (Å²) in [6, 6.07) is 0.706. The maximum atomic E-state index is 2.64. The summed E-state index contributed by atoms with van der Waals surface area (Å²) < 4.78 is 0. The highest BCUT2D eigenvalue weighted by molar-refractivity contribution is 4.72. The summed E-state index contributed by atoms with van der Waals surface area (Å²) in [6.45, 7) is 19.0. The fraction of sp³-hybridized carbons (Fsp3) is 1.00. The SMILES string of the molecule is CCN(CC)CCN1CCCN(C(C)C)CC1. The van der Waals surface area contributed by atoms with Crippen LogP contribution < -0.4 is 0 Å². The molecule has 0 aromatic rings. The third-order valence-electron chi connectivity index (χ3n) is 3.98. The lowest BCUT2D eigenvalue weighted by atomic mass is 10.3.